The van der Waals surface area contributed by atoms with E-state index in [9.17, 15) is 4.79 Å². The molecule has 3 aromatic rings. The summed E-state index contributed by atoms with van der Waals surface area (Å²) < 4.78 is 5.35. The van der Waals surface area contributed by atoms with Crippen molar-refractivity contribution in [3.63, 3.8) is 0 Å². The van der Waals surface area contributed by atoms with Gasteiger partial charge in [0.1, 0.15) is 5.69 Å². The van der Waals surface area contributed by atoms with Crippen molar-refractivity contribution in [1.82, 2.24) is 9.88 Å². The lowest BCUT2D eigenvalue weighted by atomic mass is 10.1. The average molecular weight is 326 g/mol. The van der Waals surface area contributed by atoms with Gasteiger partial charge in [0.2, 0.25) is 0 Å². The summed E-state index contributed by atoms with van der Waals surface area (Å²) in [6.07, 6.45) is 1.61. The zero-order valence-corrected chi connectivity index (χ0v) is 14.2. The minimum atomic E-state index is -0.0213. The number of carbonyl (C=O) groups excluding carboxylic acids is 1. The summed E-state index contributed by atoms with van der Waals surface area (Å²) in [5.74, 6) is 0.682. The first kappa shape index (κ1) is 15.5. The number of aryl methyl sites for hydroxylation is 2. The highest BCUT2D eigenvalue weighted by atomic mass is 32.1. The SMILES string of the molecule is Cc1ccc(CN(C)C(=O)c2ccc(-c3ccco3)nc2C)s1. The highest BCUT2D eigenvalue weighted by molar-refractivity contribution is 7.11. The maximum atomic E-state index is 12.6. The average Bonchev–Trinajstić information content (AvgIpc) is 3.18. The fourth-order valence-electron chi connectivity index (χ4n) is 2.43. The molecule has 0 atom stereocenters. The van der Waals surface area contributed by atoms with E-state index in [2.05, 4.69) is 24.0 Å². The Morgan fingerprint density at radius 2 is 2.04 bits per heavy atom. The van der Waals surface area contributed by atoms with Gasteiger partial charge in [-0.2, -0.15) is 0 Å². The first-order valence-electron chi connectivity index (χ1n) is 7.37. The van der Waals surface area contributed by atoms with Crippen LogP contribution in [0.4, 0.5) is 0 Å². The van der Waals surface area contributed by atoms with Crippen molar-refractivity contribution in [1.29, 1.82) is 0 Å². The maximum Gasteiger partial charge on any atom is 0.255 e. The molecule has 3 rings (SSSR count). The lowest BCUT2D eigenvalue weighted by Gasteiger charge is -2.17. The molecule has 0 N–H and O–H groups in total. The number of rotatable bonds is 4. The van der Waals surface area contributed by atoms with E-state index >= 15 is 0 Å². The van der Waals surface area contributed by atoms with Gasteiger partial charge in [0.25, 0.3) is 5.91 Å². The Hall–Kier alpha value is -2.40. The molecule has 0 spiro atoms. The normalized spacial score (nSPS) is 10.7. The third-order valence-electron chi connectivity index (χ3n) is 3.63. The quantitative estimate of drug-likeness (QED) is 0.718. The summed E-state index contributed by atoms with van der Waals surface area (Å²) in [7, 11) is 1.82. The molecule has 0 aliphatic carbocycles. The molecule has 0 saturated heterocycles. The van der Waals surface area contributed by atoms with E-state index in [0.29, 0.717) is 23.6 Å². The number of carbonyl (C=O) groups is 1. The Labute approximate surface area is 139 Å². The standard InChI is InChI=1S/C18H18N2O2S/c1-12-6-7-14(23-12)11-20(3)18(21)15-8-9-16(19-13(15)2)17-5-4-10-22-17/h4-10H,11H2,1-3H3. The van der Waals surface area contributed by atoms with Crippen molar-refractivity contribution in [2.45, 2.75) is 20.4 Å². The van der Waals surface area contributed by atoms with Crippen LogP contribution in [-0.2, 0) is 6.54 Å². The van der Waals surface area contributed by atoms with Crippen LogP contribution in [0.1, 0.15) is 25.8 Å². The second-order valence-electron chi connectivity index (χ2n) is 5.48. The monoisotopic (exact) mass is 326 g/mol. The van der Waals surface area contributed by atoms with Crippen molar-refractivity contribution < 1.29 is 9.21 Å². The molecule has 4 nitrogen and oxygen atoms in total. The van der Waals surface area contributed by atoms with E-state index in [1.807, 2.05) is 38.2 Å². The Morgan fingerprint density at radius 1 is 1.22 bits per heavy atom. The summed E-state index contributed by atoms with van der Waals surface area (Å²) in [6.45, 7) is 4.52. The van der Waals surface area contributed by atoms with E-state index in [1.54, 1.807) is 22.5 Å². The predicted molar refractivity (Wildman–Crippen MR) is 91.5 cm³/mol. The zero-order chi connectivity index (χ0) is 16.4. The summed E-state index contributed by atoms with van der Waals surface area (Å²) >= 11 is 1.71. The van der Waals surface area contributed by atoms with Gasteiger partial charge in [0, 0.05) is 16.8 Å². The van der Waals surface area contributed by atoms with Gasteiger partial charge in [-0.1, -0.05) is 0 Å². The molecular formula is C18H18N2O2S. The molecule has 0 aliphatic rings. The van der Waals surface area contributed by atoms with Gasteiger partial charge in [0.15, 0.2) is 5.76 Å². The van der Waals surface area contributed by atoms with E-state index in [-0.39, 0.29) is 5.91 Å². The van der Waals surface area contributed by atoms with Crippen LogP contribution in [0.5, 0.6) is 0 Å². The molecule has 23 heavy (non-hydrogen) atoms. The third-order valence-corrected chi connectivity index (χ3v) is 4.61. The summed E-state index contributed by atoms with van der Waals surface area (Å²) in [5, 5.41) is 0. The van der Waals surface area contributed by atoms with Gasteiger partial charge in [-0.25, -0.2) is 4.98 Å². The van der Waals surface area contributed by atoms with Crippen molar-refractivity contribution in [2.75, 3.05) is 7.05 Å². The first-order valence-corrected chi connectivity index (χ1v) is 8.18. The Bertz CT molecular complexity index is 821. The zero-order valence-electron chi connectivity index (χ0n) is 13.4. The van der Waals surface area contributed by atoms with Crippen LogP contribution in [0.2, 0.25) is 0 Å². The molecule has 3 heterocycles. The van der Waals surface area contributed by atoms with Gasteiger partial charge in [-0.15, -0.1) is 11.3 Å². The minimum Gasteiger partial charge on any atom is -0.463 e. The molecule has 0 aliphatic heterocycles. The van der Waals surface area contributed by atoms with Gasteiger partial charge < -0.3 is 9.32 Å². The van der Waals surface area contributed by atoms with Gasteiger partial charge in [0.05, 0.1) is 24.1 Å². The van der Waals surface area contributed by atoms with Crippen molar-refractivity contribution >= 4 is 17.2 Å². The molecule has 0 radical (unpaired) electrons. The first-order chi connectivity index (χ1) is 11.0. The number of hydrogen-bond acceptors (Lipinski definition) is 4. The third kappa shape index (κ3) is 3.35. The lowest BCUT2D eigenvalue weighted by molar-refractivity contribution is 0.0785. The number of pyridine rings is 1. The Kier molecular flexibility index (Phi) is 4.30. The summed E-state index contributed by atoms with van der Waals surface area (Å²) in [5.41, 5.74) is 2.06. The van der Waals surface area contributed by atoms with Crippen molar-refractivity contribution in [2.24, 2.45) is 0 Å². The molecule has 118 valence electrons. The van der Waals surface area contributed by atoms with Crippen molar-refractivity contribution in [3.8, 4) is 11.5 Å². The molecule has 1 amide bonds. The second kappa shape index (κ2) is 6.38. The van der Waals surface area contributed by atoms with E-state index < -0.39 is 0 Å². The maximum absolute atomic E-state index is 12.6. The highest BCUT2D eigenvalue weighted by Crippen LogP contribution is 2.21. The van der Waals surface area contributed by atoms with Crippen LogP contribution in [0.15, 0.2) is 47.1 Å². The minimum absolute atomic E-state index is 0.0213. The topological polar surface area (TPSA) is 46.3 Å². The molecule has 0 saturated carbocycles. The summed E-state index contributed by atoms with van der Waals surface area (Å²) in [4.78, 5) is 21.3. The molecule has 5 heteroatoms. The number of aromatic nitrogens is 1. The largest absolute Gasteiger partial charge is 0.463 e. The van der Waals surface area contributed by atoms with Crippen molar-refractivity contribution in [3.05, 3.63) is 63.7 Å². The smallest absolute Gasteiger partial charge is 0.255 e. The van der Waals surface area contributed by atoms with Crippen LogP contribution in [0.3, 0.4) is 0 Å². The summed E-state index contributed by atoms with van der Waals surface area (Å²) in [6, 6.07) is 11.5. The second-order valence-corrected chi connectivity index (χ2v) is 6.85. The number of thiophene rings is 1. The van der Waals surface area contributed by atoms with E-state index in [4.69, 9.17) is 4.42 Å². The molecule has 0 aromatic carbocycles. The van der Waals surface area contributed by atoms with Crippen LogP contribution in [0, 0.1) is 13.8 Å². The fraction of sp³-hybridized carbons (Fsp3) is 0.222. The Balaban J connectivity index is 1.79. The van der Waals surface area contributed by atoms with E-state index in [1.165, 1.54) is 9.75 Å². The number of furan rings is 1. The van der Waals surface area contributed by atoms with Crippen LogP contribution >= 0.6 is 11.3 Å². The van der Waals surface area contributed by atoms with Crippen LogP contribution in [-0.4, -0.2) is 22.8 Å². The van der Waals surface area contributed by atoms with E-state index in [0.717, 1.165) is 5.69 Å². The molecule has 0 unspecified atom stereocenters. The van der Waals surface area contributed by atoms with Crippen LogP contribution in [0.25, 0.3) is 11.5 Å². The van der Waals surface area contributed by atoms with Gasteiger partial charge in [-0.3, -0.25) is 4.79 Å². The van der Waals surface area contributed by atoms with Crippen LogP contribution < -0.4 is 0 Å². The lowest BCUT2D eigenvalue weighted by Crippen LogP contribution is -2.26. The fourth-order valence-corrected chi connectivity index (χ4v) is 3.37. The molecule has 3 aromatic heterocycles. The predicted octanol–water partition coefficient (Wildman–Crippen LogP) is 4.29. The molecule has 0 bridgehead atoms. The Morgan fingerprint density at radius 3 is 2.65 bits per heavy atom. The molecular weight excluding hydrogens is 308 g/mol. The highest BCUT2D eigenvalue weighted by Gasteiger charge is 2.17. The molecule has 0 fully saturated rings. The van der Waals surface area contributed by atoms with Gasteiger partial charge in [-0.05, 0) is 50.2 Å². The number of amides is 1. The number of hydrogen-bond donors (Lipinski definition) is 0. The number of nitrogens with zero attached hydrogens (tertiary/aromatic N) is 2. The van der Waals surface area contributed by atoms with Gasteiger partial charge >= 0.3 is 0 Å².